The second kappa shape index (κ2) is 14.7. The third-order valence-electron chi connectivity index (χ3n) is 9.63. The second-order valence-electron chi connectivity index (χ2n) is 12.6. The summed E-state index contributed by atoms with van der Waals surface area (Å²) < 4.78 is 12.6. The van der Waals surface area contributed by atoms with Gasteiger partial charge in [-0.25, -0.2) is 0 Å². The molecular weight excluding hydrogens is 574 g/mol. The van der Waals surface area contributed by atoms with Crippen LogP contribution in [-0.2, 0) is 28.7 Å². The Morgan fingerprint density at radius 2 is 1.82 bits per heavy atom. The summed E-state index contributed by atoms with van der Waals surface area (Å²) in [4.78, 5) is 59.2. The number of ether oxygens (including phenoxy) is 2. The fraction of sp³-hybridized carbons (Fsp3) is 0.600. The molecule has 7 atom stereocenters. The fourth-order valence-electron chi connectivity index (χ4n) is 7.35. The van der Waals surface area contributed by atoms with Crippen LogP contribution in [0.1, 0.15) is 76.9 Å². The van der Waals surface area contributed by atoms with Crippen LogP contribution in [0.2, 0.25) is 0 Å². The summed E-state index contributed by atoms with van der Waals surface area (Å²) in [7, 11) is 0. The van der Waals surface area contributed by atoms with Crippen molar-refractivity contribution in [3.63, 3.8) is 0 Å². The highest BCUT2D eigenvalue weighted by atomic mass is 16.6. The van der Waals surface area contributed by atoms with E-state index in [4.69, 9.17) is 9.47 Å². The van der Waals surface area contributed by atoms with Gasteiger partial charge >= 0.3 is 5.97 Å². The number of rotatable bonds is 10. The maximum atomic E-state index is 14.7. The van der Waals surface area contributed by atoms with Crippen molar-refractivity contribution in [2.75, 3.05) is 26.2 Å². The molecule has 4 aliphatic heterocycles. The fourth-order valence-corrected chi connectivity index (χ4v) is 7.35. The first kappa shape index (κ1) is 32.9. The summed E-state index contributed by atoms with van der Waals surface area (Å²) in [5.41, 5.74) is -0.541. The van der Waals surface area contributed by atoms with E-state index >= 15 is 0 Å². The lowest BCUT2D eigenvalue weighted by Gasteiger charge is -2.38. The van der Waals surface area contributed by atoms with Crippen LogP contribution in [0, 0.1) is 11.8 Å². The number of hydrogen-bond donors (Lipinski definition) is 2. The highest BCUT2D eigenvalue weighted by molar-refractivity contribution is 5.99. The summed E-state index contributed by atoms with van der Waals surface area (Å²) in [5.74, 6) is -3.03. The number of carbonyl (C=O) groups is 4. The van der Waals surface area contributed by atoms with Gasteiger partial charge in [-0.05, 0) is 38.2 Å². The summed E-state index contributed by atoms with van der Waals surface area (Å²) in [5, 5.41) is 12.1. The Labute approximate surface area is 265 Å². The average molecular weight is 622 g/mol. The number of hydrogen-bond acceptors (Lipinski definition) is 7. The molecule has 5 rings (SSSR count). The molecule has 1 unspecified atom stereocenters. The Hall–Kier alpha value is -3.50. The van der Waals surface area contributed by atoms with E-state index in [0.29, 0.717) is 32.4 Å². The van der Waals surface area contributed by atoms with Gasteiger partial charge in [0.15, 0.2) is 0 Å². The van der Waals surface area contributed by atoms with Crippen LogP contribution in [0.4, 0.5) is 0 Å². The number of cyclic esters (lactones) is 1. The zero-order valence-electron chi connectivity index (χ0n) is 26.4. The molecule has 5 bridgehead atoms. The van der Waals surface area contributed by atoms with E-state index in [2.05, 4.69) is 12.2 Å². The van der Waals surface area contributed by atoms with Gasteiger partial charge in [0.25, 0.3) is 0 Å². The van der Waals surface area contributed by atoms with Gasteiger partial charge in [-0.2, -0.15) is 0 Å². The molecule has 2 fully saturated rings. The number of fused-ring (bicyclic) bond motifs is 2. The predicted molar refractivity (Wildman–Crippen MR) is 168 cm³/mol. The second-order valence-corrected chi connectivity index (χ2v) is 12.6. The minimum Gasteiger partial charge on any atom is -0.455 e. The normalized spacial score (nSPS) is 31.6. The van der Waals surface area contributed by atoms with Crippen LogP contribution in [0.5, 0.6) is 0 Å². The lowest BCUT2D eigenvalue weighted by Crippen LogP contribution is -2.57. The maximum absolute atomic E-state index is 14.7. The lowest BCUT2D eigenvalue weighted by molar-refractivity contribution is -0.159. The molecule has 10 nitrogen and oxygen atoms in total. The first-order valence-corrected chi connectivity index (χ1v) is 16.6. The molecule has 2 saturated heterocycles. The van der Waals surface area contributed by atoms with E-state index < -0.39 is 41.7 Å². The first-order valence-electron chi connectivity index (χ1n) is 16.6. The van der Waals surface area contributed by atoms with Crippen molar-refractivity contribution in [3.05, 3.63) is 60.2 Å². The number of aliphatic hydroxyl groups excluding tert-OH is 1. The topological polar surface area (TPSA) is 125 Å². The van der Waals surface area contributed by atoms with E-state index in [1.807, 2.05) is 60.4 Å². The van der Waals surface area contributed by atoms with Gasteiger partial charge in [0.2, 0.25) is 17.7 Å². The van der Waals surface area contributed by atoms with Gasteiger partial charge < -0.3 is 29.7 Å². The van der Waals surface area contributed by atoms with Gasteiger partial charge in [0.05, 0.1) is 18.6 Å². The Morgan fingerprint density at radius 1 is 1.04 bits per heavy atom. The van der Waals surface area contributed by atoms with Crippen LogP contribution in [-0.4, -0.2) is 88.6 Å². The van der Waals surface area contributed by atoms with Crippen molar-refractivity contribution in [1.82, 2.24) is 15.1 Å². The maximum Gasteiger partial charge on any atom is 0.313 e. The smallest absolute Gasteiger partial charge is 0.313 e. The monoisotopic (exact) mass is 621 g/mol. The molecule has 0 saturated carbocycles. The predicted octanol–water partition coefficient (Wildman–Crippen LogP) is 3.46. The molecule has 244 valence electrons. The van der Waals surface area contributed by atoms with Gasteiger partial charge in [-0.1, -0.05) is 80.8 Å². The van der Waals surface area contributed by atoms with E-state index in [1.165, 1.54) is 0 Å². The molecule has 3 amide bonds. The van der Waals surface area contributed by atoms with Crippen molar-refractivity contribution < 1.29 is 33.8 Å². The van der Waals surface area contributed by atoms with Crippen LogP contribution < -0.4 is 5.32 Å². The number of carbonyl (C=O) groups excluding carboxylic acids is 4. The lowest BCUT2D eigenvalue weighted by atomic mass is 9.74. The highest BCUT2D eigenvalue weighted by Crippen LogP contribution is 2.56. The first-order chi connectivity index (χ1) is 21.8. The summed E-state index contributed by atoms with van der Waals surface area (Å²) in [6, 6.07) is 8.23. The molecule has 0 aliphatic carbocycles. The van der Waals surface area contributed by atoms with E-state index in [0.717, 1.165) is 31.2 Å². The summed E-state index contributed by atoms with van der Waals surface area (Å²) in [6.45, 7) is 5.00. The highest BCUT2D eigenvalue weighted by Gasteiger charge is 2.73. The number of nitrogens with one attached hydrogen (secondary N) is 1. The number of benzene rings is 1. The number of likely N-dealkylation sites (tertiary alicyclic amines) is 1. The molecule has 4 aliphatic rings. The third-order valence-corrected chi connectivity index (χ3v) is 9.63. The Balaban J connectivity index is 1.52. The molecule has 1 spiro atoms. The minimum atomic E-state index is -1.27. The van der Waals surface area contributed by atoms with Gasteiger partial charge in [0, 0.05) is 32.2 Å². The van der Waals surface area contributed by atoms with Crippen LogP contribution >= 0.6 is 0 Å². The number of aliphatic hydroxyl groups is 1. The standard InChI is InChI=1S/C35H47N3O7/c1-3-14-24(2)37-20-12-7-10-17-28(40)36-23-27(25-15-8-6-9-16-25)44-34(43)29-26-18-19-35(45-26)30(29)32(41)38(31(35)33(37)42)21-11-4-5-13-22-39/h6-9,12,15-16,18-19,24,26-27,29-31,39H,3-5,10-11,13-14,17,20-23H2,1-2H3,(H,36,40)/b12-7-/t24?,26-,27-,29+,30+,31-,35+/m0/s1. The molecule has 45 heavy (non-hydrogen) atoms. The average Bonchev–Trinajstić information content (AvgIpc) is 3.68. The van der Waals surface area contributed by atoms with Crippen molar-refractivity contribution in [2.24, 2.45) is 11.8 Å². The zero-order valence-corrected chi connectivity index (χ0v) is 26.4. The van der Waals surface area contributed by atoms with Gasteiger partial charge in [-0.15, -0.1) is 0 Å². The van der Waals surface area contributed by atoms with E-state index in [9.17, 15) is 24.3 Å². The quantitative estimate of drug-likeness (QED) is 0.233. The number of esters is 1. The molecule has 10 heteroatoms. The molecule has 0 aromatic heterocycles. The molecule has 2 N–H and O–H groups in total. The minimum absolute atomic E-state index is 0.0931. The van der Waals surface area contributed by atoms with Gasteiger partial charge in [0.1, 0.15) is 23.7 Å². The van der Waals surface area contributed by atoms with E-state index in [-0.39, 0.29) is 43.3 Å². The van der Waals surface area contributed by atoms with Crippen molar-refractivity contribution >= 4 is 23.7 Å². The molecule has 4 heterocycles. The number of amides is 3. The van der Waals surface area contributed by atoms with Crippen LogP contribution in [0.3, 0.4) is 0 Å². The van der Waals surface area contributed by atoms with Gasteiger partial charge in [-0.3, -0.25) is 19.2 Å². The largest absolute Gasteiger partial charge is 0.455 e. The molecule has 0 radical (unpaired) electrons. The molecule has 1 aromatic carbocycles. The zero-order chi connectivity index (χ0) is 32.0. The summed E-state index contributed by atoms with van der Waals surface area (Å²) in [6.07, 6.45) is 11.4. The summed E-state index contributed by atoms with van der Waals surface area (Å²) >= 11 is 0. The number of unbranched alkanes of at least 4 members (excludes halogenated alkanes) is 3. The Bertz CT molecular complexity index is 1280. The number of allylic oxidation sites excluding steroid dienone is 1. The third kappa shape index (κ3) is 6.72. The Morgan fingerprint density at radius 3 is 2.58 bits per heavy atom. The Kier molecular flexibility index (Phi) is 10.8. The van der Waals surface area contributed by atoms with Crippen LogP contribution in [0.15, 0.2) is 54.6 Å². The van der Waals surface area contributed by atoms with Crippen LogP contribution in [0.25, 0.3) is 0 Å². The molecular formula is C35H47N3O7. The number of nitrogens with zero attached hydrogens (tertiary/aromatic N) is 2. The van der Waals surface area contributed by atoms with Crippen molar-refractivity contribution in [2.45, 2.75) is 95.1 Å². The SMILES string of the molecule is CCCC(C)N1C/C=C\CCC(=O)NC[C@@H](c2ccccc2)OC(=O)[C@@H]2[C@@H]3C=C[C@]4(O3)[C@H](C1=O)N(CCCCCCO)C(=O)[C@@H]24. The van der Waals surface area contributed by atoms with E-state index in [1.54, 1.807) is 11.0 Å². The van der Waals surface area contributed by atoms with Crippen molar-refractivity contribution in [1.29, 1.82) is 0 Å². The molecule has 1 aromatic rings. The van der Waals surface area contributed by atoms with Crippen molar-refractivity contribution in [3.8, 4) is 0 Å².